The highest BCUT2D eigenvalue weighted by Gasteiger charge is 2.30. The SMILES string of the molecule is O=C1CN(CC(=O)N2CCCCC2CCO)c2ccccc2O1. The number of carbonyl (C=O) groups excluding carboxylic acids is 2. The van der Waals surface area contributed by atoms with Gasteiger partial charge in [0.25, 0.3) is 0 Å². The van der Waals surface area contributed by atoms with Crippen LogP contribution in [0.4, 0.5) is 5.69 Å². The van der Waals surface area contributed by atoms with Crippen molar-refractivity contribution in [3.8, 4) is 5.75 Å². The van der Waals surface area contributed by atoms with Crippen molar-refractivity contribution in [2.45, 2.75) is 31.7 Å². The number of nitrogens with zero attached hydrogens (tertiary/aromatic N) is 2. The second-order valence-corrected chi connectivity index (χ2v) is 6.05. The summed E-state index contributed by atoms with van der Waals surface area (Å²) in [4.78, 5) is 28.1. The second-order valence-electron chi connectivity index (χ2n) is 6.05. The van der Waals surface area contributed by atoms with E-state index in [-0.39, 0.29) is 37.6 Å². The number of aliphatic hydroxyl groups excluding tert-OH is 1. The summed E-state index contributed by atoms with van der Waals surface area (Å²) in [6.07, 6.45) is 3.63. The van der Waals surface area contributed by atoms with E-state index in [1.54, 1.807) is 17.0 Å². The van der Waals surface area contributed by atoms with Crippen molar-refractivity contribution in [1.29, 1.82) is 0 Å². The molecule has 1 aromatic rings. The first-order chi connectivity index (χ1) is 11.2. The molecule has 1 fully saturated rings. The number of hydrogen-bond acceptors (Lipinski definition) is 5. The van der Waals surface area contributed by atoms with Crippen molar-refractivity contribution in [3.63, 3.8) is 0 Å². The lowest BCUT2D eigenvalue weighted by Crippen LogP contribution is -2.50. The molecular weight excluding hydrogens is 296 g/mol. The zero-order valence-electron chi connectivity index (χ0n) is 13.1. The standard InChI is InChI=1S/C17H22N2O4/c20-10-8-13-5-3-4-9-19(13)16(21)11-18-12-17(22)23-15-7-2-1-6-14(15)18/h1-2,6-7,13,20H,3-5,8-12H2. The summed E-state index contributed by atoms with van der Waals surface area (Å²) < 4.78 is 5.21. The van der Waals surface area contributed by atoms with Crippen molar-refractivity contribution in [3.05, 3.63) is 24.3 Å². The highest BCUT2D eigenvalue weighted by molar-refractivity contribution is 5.89. The molecule has 0 aromatic heterocycles. The molecule has 23 heavy (non-hydrogen) atoms. The zero-order chi connectivity index (χ0) is 16.2. The van der Waals surface area contributed by atoms with E-state index >= 15 is 0 Å². The van der Waals surface area contributed by atoms with E-state index in [2.05, 4.69) is 0 Å². The van der Waals surface area contributed by atoms with Crippen molar-refractivity contribution in [1.82, 2.24) is 4.90 Å². The van der Waals surface area contributed by atoms with Gasteiger partial charge in [0.05, 0.1) is 12.2 Å². The highest BCUT2D eigenvalue weighted by Crippen LogP contribution is 2.31. The Hall–Kier alpha value is -2.08. The molecule has 1 unspecified atom stereocenters. The van der Waals surface area contributed by atoms with Gasteiger partial charge >= 0.3 is 5.97 Å². The number of carbonyl (C=O) groups is 2. The van der Waals surface area contributed by atoms with Crippen LogP contribution < -0.4 is 9.64 Å². The van der Waals surface area contributed by atoms with Gasteiger partial charge < -0.3 is 19.6 Å². The average Bonchev–Trinajstić information content (AvgIpc) is 2.55. The number of aliphatic hydroxyl groups is 1. The Kier molecular flexibility index (Phi) is 4.81. The molecule has 1 aromatic carbocycles. The smallest absolute Gasteiger partial charge is 0.331 e. The number of amides is 1. The summed E-state index contributed by atoms with van der Waals surface area (Å²) in [6, 6.07) is 7.37. The molecule has 1 saturated heterocycles. The fraction of sp³-hybridized carbons (Fsp3) is 0.529. The maximum absolute atomic E-state index is 12.7. The molecular formula is C17H22N2O4. The van der Waals surface area contributed by atoms with Crippen LogP contribution >= 0.6 is 0 Å². The maximum Gasteiger partial charge on any atom is 0.331 e. The summed E-state index contributed by atoms with van der Waals surface area (Å²) in [7, 11) is 0. The first-order valence-electron chi connectivity index (χ1n) is 8.14. The van der Waals surface area contributed by atoms with Gasteiger partial charge in [-0.05, 0) is 37.8 Å². The Morgan fingerprint density at radius 2 is 2.13 bits per heavy atom. The molecule has 2 heterocycles. The zero-order valence-corrected chi connectivity index (χ0v) is 13.1. The van der Waals surface area contributed by atoms with Crippen molar-refractivity contribution < 1.29 is 19.4 Å². The van der Waals surface area contributed by atoms with E-state index in [9.17, 15) is 14.7 Å². The fourth-order valence-corrected chi connectivity index (χ4v) is 3.37. The van der Waals surface area contributed by atoms with Crippen LogP contribution in [0.15, 0.2) is 24.3 Å². The Balaban J connectivity index is 1.73. The number of anilines is 1. The van der Waals surface area contributed by atoms with Crippen molar-refractivity contribution in [2.75, 3.05) is 31.1 Å². The monoisotopic (exact) mass is 318 g/mol. The van der Waals surface area contributed by atoms with Crippen LogP contribution in [0.3, 0.4) is 0 Å². The lowest BCUT2D eigenvalue weighted by molar-refractivity contribution is -0.134. The number of likely N-dealkylation sites (tertiary alicyclic amines) is 1. The van der Waals surface area contributed by atoms with Crippen molar-refractivity contribution in [2.24, 2.45) is 0 Å². The molecule has 2 aliphatic rings. The Bertz CT molecular complexity index is 588. The molecule has 0 bridgehead atoms. The molecule has 3 rings (SSSR count). The van der Waals surface area contributed by atoms with Gasteiger partial charge in [-0.3, -0.25) is 4.79 Å². The third-order valence-corrected chi connectivity index (χ3v) is 4.49. The van der Waals surface area contributed by atoms with Crippen LogP contribution in [-0.4, -0.2) is 54.2 Å². The minimum absolute atomic E-state index is 0.00709. The van der Waals surface area contributed by atoms with E-state index < -0.39 is 0 Å². The molecule has 0 aliphatic carbocycles. The number of benzene rings is 1. The predicted molar refractivity (Wildman–Crippen MR) is 85.3 cm³/mol. The predicted octanol–water partition coefficient (Wildman–Crippen LogP) is 1.18. The molecule has 6 heteroatoms. The summed E-state index contributed by atoms with van der Waals surface area (Å²) in [5.74, 6) is 0.164. The summed E-state index contributed by atoms with van der Waals surface area (Å²) in [6.45, 7) is 1.06. The van der Waals surface area contributed by atoms with Gasteiger partial charge in [0, 0.05) is 19.2 Å². The lowest BCUT2D eigenvalue weighted by Gasteiger charge is -2.38. The Morgan fingerprint density at radius 3 is 2.96 bits per heavy atom. The second kappa shape index (κ2) is 7.00. The van der Waals surface area contributed by atoms with Crippen LogP contribution in [0.5, 0.6) is 5.75 Å². The molecule has 6 nitrogen and oxygen atoms in total. The molecule has 0 saturated carbocycles. The topological polar surface area (TPSA) is 70.1 Å². The average molecular weight is 318 g/mol. The number of ether oxygens (including phenoxy) is 1. The summed E-state index contributed by atoms with van der Waals surface area (Å²) in [5, 5.41) is 9.19. The van der Waals surface area contributed by atoms with Crippen molar-refractivity contribution >= 4 is 17.6 Å². The number of fused-ring (bicyclic) bond motifs is 1. The lowest BCUT2D eigenvalue weighted by atomic mass is 9.99. The van der Waals surface area contributed by atoms with E-state index in [1.807, 2.05) is 17.0 Å². The first-order valence-corrected chi connectivity index (χ1v) is 8.14. The van der Waals surface area contributed by atoms with Gasteiger partial charge in [0.2, 0.25) is 5.91 Å². The molecule has 1 N–H and O–H groups in total. The van der Waals surface area contributed by atoms with Gasteiger partial charge in [-0.15, -0.1) is 0 Å². The third kappa shape index (κ3) is 3.47. The summed E-state index contributed by atoms with van der Waals surface area (Å²) in [5.41, 5.74) is 0.774. The van der Waals surface area contributed by atoms with Crippen LogP contribution in [0, 0.1) is 0 Å². The normalized spacial score (nSPS) is 20.9. The number of piperidine rings is 1. The Morgan fingerprint density at radius 1 is 1.30 bits per heavy atom. The fourth-order valence-electron chi connectivity index (χ4n) is 3.37. The first kappa shape index (κ1) is 15.8. The number of hydrogen-bond donors (Lipinski definition) is 1. The van der Waals surface area contributed by atoms with Gasteiger partial charge in [-0.25, -0.2) is 4.79 Å². The number of para-hydroxylation sites is 2. The van der Waals surface area contributed by atoms with Crippen LogP contribution in [0.2, 0.25) is 0 Å². The van der Waals surface area contributed by atoms with Gasteiger partial charge in [0.15, 0.2) is 5.75 Å². The number of esters is 1. The quantitative estimate of drug-likeness (QED) is 0.667. The minimum atomic E-state index is -0.345. The highest BCUT2D eigenvalue weighted by atomic mass is 16.5. The maximum atomic E-state index is 12.7. The number of rotatable bonds is 4. The van der Waals surface area contributed by atoms with E-state index in [0.717, 1.165) is 31.5 Å². The van der Waals surface area contributed by atoms with Gasteiger partial charge in [-0.2, -0.15) is 0 Å². The van der Waals surface area contributed by atoms with E-state index in [1.165, 1.54) is 0 Å². The van der Waals surface area contributed by atoms with Crippen LogP contribution in [0.25, 0.3) is 0 Å². The molecule has 1 amide bonds. The van der Waals surface area contributed by atoms with Gasteiger partial charge in [-0.1, -0.05) is 12.1 Å². The minimum Gasteiger partial charge on any atom is -0.423 e. The molecule has 0 spiro atoms. The largest absolute Gasteiger partial charge is 0.423 e. The van der Waals surface area contributed by atoms with E-state index in [0.29, 0.717) is 12.2 Å². The molecule has 0 radical (unpaired) electrons. The Labute approximate surface area is 135 Å². The van der Waals surface area contributed by atoms with Gasteiger partial charge in [0.1, 0.15) is 6.54 Å². The third-order valence-electron chi connectivity index (χ3n) is 4.49. The molecule has 124 valence electrons. The van der Waals surface area contributed by atoms with Crippen LogP contribution in [0.1, 0.15) is 25.7 Å². The summed E-state index contributed by atoms with van der Waals surface area (Å²) >= 11 is 0. The molecule has 2 aliphatic heterocycles. The van der Waals surface area contributed by atoms with E-state index in [4.69, 9.17) is 4.74 Å². The molecule has 1 atom stereocenters. The van der Waals surface area contributed by atoms with Crippen LogP contribution in [-0.2, 0) is 9.59 Å².